The lowest BCUT2D eigenvalue weighted by Gasteiger charge is -2.32. The first-order valence-electron chi connectivity index (χ1n) is 8.87. The van der Waals surface area contributed by atoms with Crippen LogP contribution in [0.1, 0.15) is 38.5 Å². The standard InChI is InChI=1S/C18H27N3O2.2ClH/c22-18(5-4-15-6-11-19-12-7-15)21-13-8-16(9-14-21)23-17-3-1-2-10-20-17;;/h1-3,10,15-16,19H,4-9,11-14H2;2*1H. The van der Waals surface area contributed by atoms with Gasteiger partial charge in [0.25, 0.3) is 0 Å². The Hall–Kier alpha value is -1.04. The van der Waals surface area contributed by atoms with E-state index in [1.165, 1.54) is 12.8 Å². The van der Waals surface area contributed by atoms with Crippen molar-refractivity contribution in [1.29, 1.82) is 0 Å². The van der Waals surface area contributed by atoms with Crippen LogP contribution in [0.2, 0.25) is 0 Å². The third kappa shape index (κ3) is 7.00. The van der Waals surface area contributed by atoms with E-state index in [0.717, 1.165) is 51.4 Å². The van der Waals surface area contributed by atoms with Gasteiger partial charge in [-0.15, -0.1) is 24.8 Å². The molecule has 3 rings (SSSR count). The predicted molar refractivity (Wildman–Crippen MR) is 104 cm³/mol. The van der Waals surface area contributed by atoms with E-state index in [2.05, 4.69) is 10.3 Å². The number of amides is 1. The van der Waals surface area contributed by atoms with Crippen LogP contribution in [0.5, 0.6) is 5.88 Å². The summed E-state index contributed by atoms with van der Waals surface area (Å²) < 4.78 is 5.88. The molecule has 1 N–H and O–H groups in total. The summed E-state index contributed by atoms with van der Waals surface area (Å²) in [7, 11) is 0. The van der Waals surface area contributed by atoms with Gasteiger partial charge < -0.3 is 15.0 Å². The van der Waals surface area contributed by atoms with Crippen LogP contribution in [0.25, 0.3) is 0 Å². The van der Waals surface area contributed by atoms with Gasteiger partial charge in [0, 0.05) is 44.6 Å². The second-order valence-electron chi connectivity index (χ2n) is 6.60. The van der Waals surface area contributed by atoms with Crippen LogP contribution in [0.15, 0.2) is 24.4 Å². The number of aromatic nitrogens is 1. The summed E-state index contributed by atoms with van der Waals surface area (Å²) in [5.41, 5.74) is 0. The van der Waals surface area contributed by atoms with Gasteiger partial charge in [0.15, 0.2) is 0 Å². The van der Waals surface area contributed by atoms with Crippen LogP contribution >= 0.6 is 24.8 Å². The van der Waals surface area contributed by atoms with Crippen LogP contribution in [-0.2, 0) is 4.79 Å². The molecule has 0 saturated carbocycles. The number of nitrogens with zero attached hydrogens (tertiary/aromatic N) is 2. The molecule has 0 atom stereocenters. The molecule has 2 saturated heterocycles. The zero-order valence-corrected chi connectivity index (χ0v) is 16.2. The number of carbonyl (C=O) groups is 1. The molecular formula is C18H29Cl2N3O2. The van der Waals surface area contributed by atoms with Crippen molar-refractivity contribution >= 4 is 30.7 Å². The molecule has 3 heterocycles. The van der Waals surface area contributed by atoms with E-state index in [-0.39, 0.29) is 30.9 Å². The zero-order valence-electron chi connectivity index (χ0n) is 14.6. The number of likely N-dealkylation sites (tertiary alicyclic amines) is 1. The van der Waals surface area contributed by atoms with Crippen LogP contribution in [0.3, 0.4) is 0 Å². The van der Waals surface area contributed by atoms with Crippen molar-refractivity contribution in [3.63, 3.8) is 0 Å². The Morgan fingerprint density at radius 3 is 2.52 bits per heavy atom. The highest BCUT2D eigenvalue weighted by Gasteiger charge is 2.24. The van der Waals surface area contributed by atoms with E-state index in [1.54, 1.807) is 6.20 Å². The number of piperidine rings is 2. The average Bonchev–Trinajstić information content (AvgIpc) is 2.62. The number of rotatable bonds is 5. The SMILES string of the molecule is Cl.Cl.O=C(CCC1CCNCC1)N1CCC(Oc2ccccn2)CC1. The number of carbonyl (C=O) groups excluding carboxylic acids is 1. The second kappa shape index (κ2) is 11.6. The van der Waals surface area contributed by atoms with Crippen LogP contribution in [0, 0.1) is 5.92 Å². The molecule has 2 fully saturated rings. The first kappa shape index (κ1) is 22.0. The minimum absolute atomic E-state index is 0. The van der Waals surface area contributed by atoms with Crippen LogP contribution in [-0.4, -0.2) is 48.1 Å². The molecule has 7 heteroatoms. The summed E-state index contributed by atoms with van der Waals surface area (Å²) in [6.45, 7) is 3.83. The maximum Gasteiger partial charge on any atom is 0.222 e. The van der Waals surface area contributed by atoms with E-state index in [0.29, 0.717) is 18.2 Å². The first-order valence-corrected chi connectivity index (χ1v) is 8.87. The van der Waals surface area contributed by atoms with Crippen molar-refractivity contribution in [3.8, 4) is 5.88 Å². The molecular weight excluding hydrogens is 361 g/mol. The molecule has 2 aliphatic heterocycles. The van der Waals surface area contributed by atoms with Crippen molar-refractivity contribution in [2.45, 2.75) is 44.6 Å². The molecule has 1 amide bonds. The molecule has 1 aromatic heterocycles. The summed E-state index contributed by atoms with van der Waals surface area (Å²) in [5.74, 6) is 1.73. The van der Waals surface area contributed by atoms with Gasteiger partial charge in [0.05, 0.1) is 0 Å². The quantitative estimate of drug-likeness (QED) is 0.840. The third-order valence-electron chi connectivity index (χ3n) is 4.95. The fourth-order valence-electron chi connectivity index (χ4n) is 3.47. The molecule has 0 unspecified atom stereocenters. The summed E-state index contributed by atoms with van der Waals surface area (Å²) in [5, 5.41) is 3.38. The molecule has 2 aliphatic rings. The normalized spacial score (nSPS) is 18.8. The molecule has 1 aromatic rings. The summed E-state index contributed by atoms with van der Waals surface area (Å²) >= 11 is 0. The molecule has 0 spiro atoms. The van der Waals surface area contributed by atoms with Gasteiger partial charge >= 0.3 is 0 Å². The van der Waals surface area contributed by atoms with Gasteiger partial charge in [-0.05, 0) is 44.3 Å². The van der Waals surface area contributed by atoms with Gasteiger partial charge in [-0.3, -0.25) is 4.79 Å². The van der Waals surface area contributed by atoms with Crippen molar-refractivity contribution in [1.82, 2.24) is 15.2 Å². The highest BCUT2D eigenvalue weighted by atomic mass is 35.5. The lowest BCUT2D eigenvalue weighted by molar-refractivity contribution is -0.133. The van der Waals surface area contributed by atoms with Gasteiger partial charge in [0.2, 0.25) is 11.8 Å². The Morgan fingerprint density at radius 1 is 1.16 bits per heavy atom. The minimum atomic E-state index is 0. The Bertz CT molecular complexity index is 490. The van der Waals surface area contributed by atoms with Crippen molar-refractivity contribution in [3.05, 3.63) is 24.4 Å². The van der Waals surface area contributed by atoms with Crippen LogP contribution < -0.4 is 10.1 Å². The number of hydrogen-bond acceptors (Lipinski definition) is 4. The maximum atomic E-state index is 12.4. The lowest BCUT2D eigenvalue weighted by atomic mass is 9.93. The highest BCUT2D eigenvalue weighted by Crippen LogP contribution is 2.21. The van der Waals surface area contributed by atoms with E-state index in [4.69, 9.17) is 4.74 Å². The van der Waals surface area contributed by atoms with Gasteiger partial charge in [-0.25, -0.2) is 4.98 Å². The fraction of sp³-hybridized carbons (Fsp3) is 0.667. The maximum absolute atomic E-state index is 12.4. The summed E-state index contributed by atoms with van der Waals surface area (Å²) in [6.07, 6.45) is 7.90. The van der Waals surface area contributed by atoms with Crippen molar-refractivity contribution < 1.29 is 9.53 Å². The fourth-order valence-corrected chi connectivity index (χ4v) is 3.47. The number of ether oxygens (including phenoxy) is 1. The van der Waals surface area contributed by atoms with Crippen molar-refractivity contribution in [2.24, 2.45) is 5.92 Å². The lowest BCUT2D eigenvalue weighted by Crippen LogP contribution is -2.42. The first-order chi connectivity index (χ1) is 11.3. The second-order valence-corrected chi connectivity index (χ2v) is 6.60. The Kier molecular flexibility index (Phi) is 10.2. The van der Waals surface area contributed by atoms with E-state index >= 15 is 0 Å². The van der Waals surface area contributed by atoms with E-state index in [9.17, 15) is 4.79 Å². The number of hydrogen-bond donors (Lipinski definition) is 1. The Labute approximate surface area is 162 Å². The summed E-state index contributed by atoms with van der Waals surface area (Å²) in [4.78, 5) is 18.6. The molecule has 0 bridgehead atoms. The minimum Gasteiger partial charge on any atom is -0.474 e. The Balaban J connectivity index is 0.00000156. The average molecular weight is 390 g/mol. The third-order valence-corrected chi connectivity index (χ3v) is 4.95. The predicted octanol–water partition coefficient (Wildman–Crippen LogP) is 3.07. The monoisotopic (exact) mass is 389 g/mol. The van der Waals surface area contributed by atoms with Gasteiger partial charge in [-0.2, -0.15) is 0 Å². The highest BCUT2D eigenvalue weighted by molar-refractivity contribution is 5.85. The smallest absolute Gasteiger partial charge is 0.222 e. The molecule has 0 radical (unpaired) electrons. The largest absolute Gasteiger partial charge is 0.474 e. The van der Waals surface area contributed by atoms with Gasteiger partial charge in [-0.1, -0.05) is 6.07 Å². The number of halogens is 2. The zero-order chi connectivity index (χ0) is 15.9. The molecule has 25 heavy (non-hydrogen) atoms. The topological polar surface area (TPSA) is 54.5 Å². The Morgan fingerprint density at radius 2 is 1.88 bits per heavy atom. The summed E-state index contributed by atoms with van der Waals surface area (Å²) in [6, 6.07) is 5.70. The van der Waals surface area contributed by atoms with Gasteiger partial charge in [0.1, 0.15) is 6.10 Å². The number of nitrogens with one attached hydrogen (secondary N) is 1. The molecule has 0 aliphatic carbocycles. The molecule has 5 nitrogen and oxygen atoms in total. The van der Waals surface area contributed by atoms with Crippen molar-refractivity contribution in [2.75, 3.05) is 26.2 Å². The van der Waals surface area contributed by atoms with Crippen LogP contribution in [0.4, 0.5) is 0 Å². The van der Waals surface area contributed by atoms with E-state index < -0.39 is 0 Å². The molecule has 142 valence electrons. The number of pyridine rings is 1. The molecule has 0 aromatic carbocycles. The van der Waals surface area contributed by atoms with E-state index in [1.807, 2.05) is 23.1 Å².